The van der Waals surface area contributed by atoms with Gasteiger partial charge >= 0.3 is 0 Å². The van der Waals surface area contributed by atoms with E-state index in [4.69, 9.17) is 15.2 Å². The van der Waals surface area contributed by atoms with Gasteiger partial charge in [0.2, 0.25) is 0 Å². The molecule has 0 fully saturated rings. The number of ketones is 1. The van der Waals surface area contributed by atoms with Crippen LogP contribution in [0.1, 0.15) is 17.3 Å². The number of H-pyrrole nitrogens is 1. The first-order chi connectivity index (χ1) is 11.7. The van der Waals surface area contributed by atoms with Crippen molar-refractivity contribution in [1.82, 2.24) is 9.97 Å². The van der Waals surface area contributed by atoms with Crippen LogP contribution in [-0.4, -0.2) is 38.4 Å². The molecule has 0 saturated heterocycles. The third-order valence-electron chi connectivity index (χ3n) is 3.22. The molecule has 1 aromatic carbocycles. The van der Waals surface area contributed by atoms with Gasteiger partial charge in [0.25, 0.3) is 21.6 Å². The summed E-state index contributed by atoms with van der Waals surface area (Å²) in [5, 5.41) is 0. The van der Waals surface area contributed by atoms with E-state index < -0.39 is 21.3 Å². The molecule has 134 valence electrons. The number of anilines is 2. The molecule has 0 spiro atoms. The highest BCUT2D eigenvalue weighted by atomic mass is 32.2. The van der Waals surface area contributed by atoms with Gasteiger partial charge in [-0.3, -0.25) is 19.3 Å². The number of Topliss-reactive ketones (excluding diaryl/α,β-unsaturated/α-hetero) is 1. The summed E-state index contributed by atoms with van der Waals surface area (Å²) in [5.41, 5.74) is 4.46. The van der Waals surface area contributed by atoms with Crippen molar-refractivity contribution >= 4 is 27.3 Å². The number of nitrogens with two attached hydrogens (primary N) is 1. The first kappa shape index (κ1) is 18.3. The van der Waals surface area contributed by atoms with Gasteiger partial charge in [-0.15, -0.1) is 0 Å². The van der Waals surface area contributed by atoms with Gasteiger partial charge in [-0.05, 0) is 25.1 Å². The predicted molar refractivity (Wildman–Crippen MR) is 89.6 cm³/mol. The van der Waals surface area contributed by atoms with Crippen molar-refractivity contribution < 1.29 is 22.7 Å². The highest BCUT2D eigenvalue weighted by Gasteiger charge is 2.24. The van der Waals surface area contributed by atoms with Gasteiger partial charge in [0.15, 0.2) is 17.3 Å². The first-order valence-corrected chi connectivity index (χ1v) is 8.33. The number of ether oxygens (including phenoxy) is 2. The Labute approximate surface area is 143 Å². The fourth-order valence-corrected chi connectivity index (χ4v) is 3.23. The smallest absolute Gasteiger partial charge is 0.298 e. The summed E-state index contributed by atoms with van der Waals surface area (Å²) in [6.07, 6.45) is 0. The lowest BCUT2D eigenvalue weighted by Gasteiger charge is -2.13. The van der Waals surface area contributed by atoms with Gasteiger partial charge in [0.1, 0.15) is 10.6 Å². The third kappa shape index (κ3) is 3.71. The number of aromatic nitrogens is 2. The normalized spacial score (nSPS) is 11.0. The number of carbonyl (C=O) groups excluding carboxylic acids is 1. The van der Waals surface area contributed by atoms with Crippen LogP contribution in [-0.2, 0) is 10.0 Å². The van der Waals surface area contributed by atoms with E-state index in [1.54, 1.807) is 0 Å². The number of hydrogen-bond acceptors (Lipinski definition) is 8. The molecule has 11 heteroatoms. The van der Waals surface area contributed by atoms with Crippen molar-refractivity contribution in [3.05, 3.63) is 34.1 Å². The monoisotopic (exact) mass is 368 g/mol. The van der Waals surface area contributed by atoms with E-state index in [0.717, 1.165) is 6.07 Å². The molecule has 0 unspecified atom stereocenters. The minimum absolute atomic E-state index is 0.00558. The minimum Gasteiger partial charge on any atom is -0.495 e. The SMILES string of the molecule is COc1nc(N)c(NS(=O)(=O)c2cc(C(C)=O)ccc2OC)c(=O)[nH]1. The average Bonchev–Trinajstić information content (AvgIpc) is 2.57. The molecule has 4 N–H and O–H groups in total. The molecular formula is C14H16N4O6S. The van der Waals surface area contributed by atoms with E-state index >= 15 is 0 Å². The minimum atomic E-state index is -4.28. The lowest BCUT2D eigenvalue weighted by molar-refractivity contribution is 0.101. The van der Waals surface area contributed by atoms with Crippen LogP contribution in [0.3, 0.4) is 0 Å². The molecule has 0 atom stereocenters. The summed E-state index contributed by atoms with van der Waals surface area (Å²) < 4.78 is 37.1. The van der Waals surface area contributed by atoms with Crippen LogP contribution < -0.4 is 25.5 Å². The maximum absolute atomic E-state index is 12.6. The Bertz CT molecular complexity index is 983. The zero-order valence-electron chi connectivity index (χ0n) is 13.6. The molecule has 2 rings (SSSR count). The van der Waals surface area contributed by atoms with Crippen molar-refractivity contribution in [2.45, 2.75) is 11.8 Å². The van der Waals surface area contributed by atoms with Crippen LogP contribution in [0.5, 0.6) is 11.8 Å². The topological polar surface area (TPSA) is 153 Å². The molecule has 0 aliphatic carbocycles. The highest BCUT2D eigenvalue weighted by molar-refractivity contribution is 7.92. The molecule has 0 bridgehead atoms. The Morgan fingerprint density at radius 3 is 2.48 bits per heavy atom. The summed E-state index contributed by atoms with van der Waals surface area (Å²) in [7, 11) is -1.75. The zero-order valence-corrected chi connectivity index (χ0v) is 14.4. The second-order valence-corrected chi connectivity index (χ2v) is 6.51. The number of rotatable bonds is 6. The van der Waals surface area contributed by atoms with Gasteiger partial charge in [-0.2, -0.15) is 4.98 Å². The van der Waals surface area contributed by atoms with Gasteiger partial charge in [-0.25, -0.2) is 8.42 Å². The van der Waals surface area contributed by atoms with E-state index in [2.05, 4.69) is 14.7 Å². The van der Waals surface area contributed by atoms with Crippen LogP contribution in [0.15, 0.2) is 27.9 Å². The molecule has 0 aliphatic rings. The number of methoxy groups -OCH3 is 2. The summed E-state index contributed by atoms with van der Waals surface area (Å²) in [4.78, 5) is 29.1. The molecule has 1 aromatic heterocycles. The fraction of sp³-hybridized carbons (Fsp3) is 0.214. The molecule has 1 heterocycles. The maximum Gasteiger partial charge on any atom is 0.298 e. The summed E-state index contributed by atoms with van der Waals surface area (Å²) in [5.74, 6) is -0.706. The van der Waals surface area contributed by atoms with Gasteiger partial charge in [0.05, 0.1) is 14.2 Å². The Morgan fingerprint density at radius 1 is 1.28 bits per heavy atom. The standard InChI is InChI=1S/C14H16N4O6S/c1-7(19)8-4-5-9(23-2)10(6-8)25(21,22)18-11-12(15)16-14(24-3)17-13(11)20/h4-6,18H,1-3H3,(H3,15,16,17,20). The van der Waals surface area contributed by atoms with Crippen LogP contribution >= 0.6 is 0 Å². The Kier molecular flexibility index (Phi) is 4.97. The van der Waals surface area contributed by atoms with E-state index in [1.165, 1.54) is 33.3 Å². The number of carbonyl (C=O) groups is 1. The summed E-state index contributed by atoms with van der Waals surface area (Å²) in [6.45, 7) is 1.29. The summed E-state index contributed by atoms with van der Waals surface area (Å²) >= 11 is 0. The lowest BCUT2D eigenvalue weighted by Crippen LogP contribution is -2.23. The predicted octanol–water partition coefficient (Wildman–Crippen LogP) is 0.373. The molecule has 0 aliphatic heterocycles. The quantitative estimate of drug-likeness (QED) is 0.618. The Hall–Kier alpha value is -3.08. The molecule has 0 saturated carbocycles. The number of nitrogens with zero attached hydrogens (tertiary/aromatic N) is 1. The Balaban J connectivity index is 2.56. The van der Waals surface area contributed by atoms with E-state index in [0.29, 0.717) is 0 Å². The van der Waals surface area contributed by atoms with Crippen LogP contribution in [0.25, 0.3) is 0 Å². The van der Waals surface area contributed by atoms with Crippen molar-refractivity contribution in [2.75, 3.05) is 24.7 Å². The molecule has 0 radical (unpaired) electrons. The zero-order chi connectivity index (χ0) is 18.8. The van der Waals surface area contributed by atoms with Crippen LogP contribution in [0.2, 0.25) is 0 Å². The Morgan fingerprint density at radius 2 is 1.96 bits per heavy atom. The second kappa shape index (κ2) is 6.81. The number of nitrogen functional groups attached to an aromatic ring is 1. The van der Waals surface area contributed by atoms with E-state index in [-0.39, 0.29) is 33.8 Å². The molecule has 25 heavy (non-hydrogen) atoms. The number of aromatic amines is 1. The molecule has 0 amide bonds. The van der Waals surface area contributed by atoms with Crippen molar-refractivity contribution in [3.63, 3.8) is 0 Å². The molecular weight excluding hydrogens is 352 g/mol. The fourth-order valence-electron chi connectivity index (χ4n) is 1.96. The van der Waals surface area contributed by atoms with Crippen molar-refractivity contribution in [3.8, 4) is 11.8 Å². The van der Waals surface area contributed by atoms with E-state index in [9.17, 15) is 18.0 Å². The largest absolute Gasteiger partial charge is 0.495 e. The van der Waals surface area contributed by atoms with Crippen LogP contribution in [0, 0.1) is 0 Å². The molecule has 10 nitrogen and oxygen atoms in total. The maximum atomic E-state index is 12.6. The summed E-state index contributed by atoms with van der Waals surface area (Å²) in [6, 6.07) is 3.74. The van der Waals surface area contributed by atoms with E-state index in [1.807, 2.05) is 0 Å². The average molecular weight is 368 g/mol. The third-order valence-corrected chi connectivity index (χ3v) is 4.59. The number of sulfonamides is 1. The van der Waals surface area contributed by atoms with Gasteiger partial charge < -0.3 is 15.2 Å². The highest BCUT2D eigenvalue weighted by Crippen LogP contribution is 2.27. The number of hydrogen-bond donors (Lipinski definition) is 3. The van der Waals surface area contributed by atoms with Gasteiger partial charge in [0, 0.05) is 5.56 Å². The number of benzene rings is 1. The second-order valence-electron chi connectivity index (χ2n) is 4.86. The molecule has 2 aromatic rings. The first-order valence-electron chi connectivity index (χ1n) is 6.85. The van der Waals surface area contributed by atoms with Crippen molar-refractivity contribution in [2.24, 2.45) is 0 Å². The van der Waals surface area contributed by atoms with Crippen LogP contribution in [0.4, 0.5) is 11.5 Å². The van der Waals surface area contributed by atoms with Crippen molar-refractivity contribution in [1.29, 1.82) is 0 Å². The lowest BCUT2D eigenvalue weighted by atomic mass is 10.1. The van der Waals surface area contributed by atoms with Gasteiger partial charge in [-0.1, -0.05) is 0 Å². The number of nitrogens with one attached hydrogen (secondary N) is 2.